The summed E-state index contributed by atoms with van der Waals surface area (Å²) in [5.41, 5.74) is 0.987. The van der Waals surface area contributed by atoms with E-state index in [0.29, 0.717) is 11.0 Å². The molecule has 0 fully saturated rings. The normalized spacial score (nSPS) is 10.4. The first kappa shape index (κ1) is 10.9. The second-order valence-electron chi connectivity index (χ2n) is 3.72. The van der Waals surface area contributed by atoms with Crippen molar-refractivity contribution >= 4 is 29.1 Å². The van der Waals surface area contributed by atoms with Crippen molar-refractivity contribution in [2.75, 3.05) is 0 Å². The van der Waals surface area contributed by atoms with Crippen LogP contribution in [0.1, 0.15) is 17.3 Å². The van der Waals surface area contributed by atoms with Crippen LogP contribution in [0.5, 0.6) is 0 Å². The van der Waals surface area contributed by atoms with Crippen molar-refractivity contribution in [3.05, 3.63) is 42.0 Å². The van der Waals surface area contributed by atoms with Gasteiger partial charge >= 0.3 is 7.12 Å². The van der Waals surface area contributed by atoms with E-state index in [-0.39, 0.29) is 5.78 Å². The third-order valence-electron chi connectivity index (χ3n) is 2.58. The third kappa shape index (κ3) is 1.85. The summed E-state index contributed by atoms with van der Waals surface area (Å²) in [5, 5.41) is 19.8. The van der Waals surface area contributed by atoms with Gasteiger partial charge in [0.2, 0.25) is 0 Å². The number of rotatable bonds is 2. The monoisotopic (exact) mass is 214 g/mol. The van der Waals surface area contributed by atoms with E-state index >= 15 is 0 Å². The molecule has 2 aromatic rings. The molecular weight excluding hydrogens is 203 g/mol. The highest BCUT2D eigenvalue weighted by atomic mass is 16.4. The van der Waals surface area contributed by atoms with Crippen molar-refractivity contribution in [2.24, 2.45) is 0 Å². The van der Waals surface area contributed by atoms with Gasteiger partial charge in [-0.1, -0.05) is 36.4 Å². The zero-order chi connectivity index (χ0) is 11.7. The smallest absolute Gasteiger partial charge is 0.423 e. The van der Waals surface area contributed by atoms with E-state index < -0.39 is 7.12 Å². The van der Waals surface area contributed by atoms with E-state index in [1.165, 1.54) is 6.92 Å². The van der Waals surface area contributed by atoms with Gasteiger partial charge < -0.3 is 10.0 Å². The zero-order valence-corrected chi connectivity index (χ0v) is 8.84. The van der Waals surface area contributed by atoms with Crippen molar-refractivity contribution in [3.8, 4) is 0 Å². The number of Topliss-reactive ketones (excluding diaryl/α,β-unsaturated/α-hetero) is 1. The molecule has 3 nitrogen and oxygen atoms in total. The van der Waals surface area contributed by atoms with Gasteiger partial charge in [0.15, 0.2) is 5.78 Å². The number of benzene rings is 2. The van der Waals surface area contributed by atoms with Crippen LogP contribution in [0, 0.1) is 0 Å². The fourth-order valence-electron chi connectivity index (χ4n) is 1.76. The lowest BCUT2D eigenvalue weighted by Gasteiger charge is -2.06. The second kappa shape index (κ2) is 4.08. The van der Waals surface area contributed by atoms with Gasteiger partial charge in [-0.3, -0.25) is 4.79 Å². The lowest BCUT2D eigenvalue weighted by atomic mass is 9.79. The Morgan fingerprint density at radius 3 is 2.56 bits per heavy atom. The molecule has 0 bridgehead atoms. The van der Waals surface area contributed by atoms with Gasteiger partial charge in [-0.15, -0.1) is 0 Å². The summed E-state index contributed by atoms with van der Waals surface area (Å²) < 4.78 is 0. The largest absolute Gasteiger partial charge is 0.488 e. The molecular formula is C12H11BO3. The Labute approximate surface area is 93.5 Å². The molecule has 80 valence electrons. The maximum atomic E-state index is 11.4. The van der Waals surface area contributed by atoms with Crippen LogP contribution in [0.3, 0.4) is 0 Å². The summed E-state index contributed by atoms with van der Waals surface area (Å²) in [7, 11) is -1.51. The Morgan fingerprint density at radius 2 is 1.94 bits per heavy atom. The molecule has 0 heterocycles. The molecule has 2 rings (SSSR count). The van der Waals surface area contributed by atoms with Gasteiger partial charge in [0, 0.05) is 5.56 Å². The molecule has 16 heavy (non-hydrogen) atoms. The lowest BCUT2D eigenvalue weighted by molar-refractivity contribution is 0.101. The fraction of sp³-hybridized carbons (Fsp3) is 0.0833. The molecule has 0 amide bonds. The average Bonchev–Trinajstić information content (AvgIpc) is 2.27. The van der Waals surface area contributed by atoms with Crippen molar-refractivity contribution in [3.63, 3.8) is 0 Å². The van der Waals surface area contributed by atoms with Gasteiger partial charge in [0.1, 0.15) is 0 Å². The number of carbonyl (C=O) groups is 1. The molecule has 0 aromatic heterocycles. The van der Waals surface area contributed by atoms with Gasteiger partial charge in [-0.2, -0.15) is 0 Å². The zero-order valence-electron chi connectivity index (χ0n) is 8.84. The topological polar surface area (TPSA) is 57.5 Å². The molecule has 0 atom stereocenters. The minimum atomic E-state index is -1.51. The SMILES string of the molecule is CC(=O)c1cccc2ccc(B(O)O)cc12. The van der Waals surface area contributed by atoms with E-state index in [0.717, 1.165) is 10.8 Å². The van der Waals surface area contributed by atoms with Gasteiger partial charge in [-0.25, -0.2) is 0 Å². The van der Waals surface area contributed by atoms with Crippen molar-refractivity contribution < 1.29 is 14.8 Å². The summed E-state index contributed by atoms with van der Waals surface area (Å²) in [6.07, 6.45) is 0. The predicted octanol–water partition coefficient (Wildman–Crippen LogP) is 0.722. The molecule has 4 heteroatoms. The van der Waals surface area contributed by atoms with Crippen LogP contribution >= 0.6 is 0 Å². The van der Waals surface area contributed by atoms with E-state index in [1.54, 1.807) is 24.3 Å². The Bertz CT molecular complexity index is 549. The summed E-state index contributed by atoms with van der Waals surface area (Å²) in [6, 6.07) is 10.5. The van der Waals surface area contributed by atoms with Gasteiger partial charge in [-0.05, 0) is 23.2 Å². The van der Waals surface area contributed by atoms with Crippen molar-refractivity contribution in [2.45, 2.75) is 6.92 Å². The molecule has 2 aromatic carbocycles. The summed E-state index contributed by atoms with van der Waals surface area (Å²) in [4.78, 5) is 11.4. The summed E-state index contributed by atoms with van der Waals surface area (Å²) in [5.74, 6) is -0.0322. The van der Waals surface area contributed by atoms with Crippen LogP contribution in [-0.2, 0) is 0 Å². The molecule has 0 aliphatic carbocycles. The predicted molar refractivity (Wildman–Crippen MR) is 63.8 cm³/mol. The van der Waals surface area contributed by atoms with Crippen LogP contribution < -0.4 is 5.46 Å². The van der Waals surface area contributed by atoms with Crippen molar-refractivity contribution in [1.82, 2.24) is 0 Å². The molecule has 0 radical (unpaired) electrons. The minimum absolute atomic E-state index is 0.0322. The summed E-state index contributed by atoms with van der Waals surface area (Å²) in [6.45, 7) is 1.50. The first-order valence-corrected chi connectivity index (χ1v) is 4.99. The lowest BCUT2D eigenvalue weighted by Crippen LogP contribution is -2.29. The van der Waals surface area contributed by atoms with Gasteiger partial charge in [0.25, 0.3) is 0 Å². The first-order chi connectivity index (χ1) is 7.59. The fourth-order valence-corrected chi connectivity index (χ4v) is 1.76. The van der Waals surface area contributed by atoms with Crippen LogP contribution in [0.15, 0.2) is 36.4 Å². The molecule has 0 saturated heterocycles. The Hall–Kier alpha value is -1.65. The Kier molecular flexibility index (Phi) is 2.77. The first-order valence-electron chi connectivity index (χ1n) is 4.99. The van der Waals surface area contributed by atoms with Crippen LogP contribution in [0.2, 0.25) is 0 Å². The molecule has 0 saturated carbocycles. The number of hydrogen-bond donors (Lipinski definition) is 2. The summed E-state index contributed by atoms with van der Waals surface area (Å²) >= 11 is 0. The molecule has 0 spiro atoms. The molecule has 0 aliphatic rings. The number of ketones is 1. The average molecular weight is 214 g/mol. The van der Waals surface area contributed by atoms with Crippen LogP contribution in [-0.4, -0.2) is 22.9 Å². The minimum Gasteiger partial charge on any atom is -0.423 e. The van der Waals surface area contributed by atoms with Gasteiger partial charge in [0.05, 0.1) is 0 Å². The Morgan fingerprint density at radius 1 is 1.19 bits per heavy atom. The van der Waals surface area contributed by atoms with Crippen LogP contribution in [0.4, 0.5) is 0 Å². The van der Waals surface area contributed by atoms with Crippen LogP contribution in [0.25, 0.3) is 10.8 Å². The maximum absolute atomic E-state index is 11.4. The highest BCUT2D eigenvalue weighted by Gasteiger charge is 2.13. The van der Waals surface area contributed by atoms with E-state index in [2.05, 4.69) is 0 Å². The standard InChI is InChI=1S/C12H11BO3/c1-8(14)11-4-2-3-9-5-6-10(13(15)16)7-12(9)11/h2-7,15-16H,1H3. The maximum Gasteiger partial charge on any atom is 0.488 e. The number of hydrogen-bond acceptors (Lipinski definition) is 3. The quantitative estimate of drug-likeness (QED) is 0.572. The Balaban J connectivity index is 2.73. The van der Waals surface area contributed by atoms with E-state index in [1.807, 2.05) is 12.1 Å². The highest BCUT2D eigenvalue weighted by Crippen LogP contribution is 2.18. The second-order valence-corrected chi connectivity index (χ2v) is 3.72. The molecule has 0 aliphatic heterocycles. The number of fused-ring (bicyclic) bond motifs is 1. The molecule has 2 N–H and O–H groups in total. The third-order valence-corrected chi connectivity index (χ3v) is 2.58. The van der Waals surface area contributed by atoms with E-state index in [4.69, 9.17) is 10.0 Å². The molecule has 0 unspecified atom stereocenters. The highest BCUT2D eigenvalue weighted by molar-refractivity contribution is 6.59. The van der Waals surface area contributed by atoms with E-state index in [9.17, 15) is 4.79 Å². The number of carbonyl (C=O) groups excluding carboxylic acids is 1. The van der Waals surface area contributed by atoms with Crippen molar-refractivity contribution in [1.29, 1.82) is 0 Å².